The van der Waals surface area contributed by atoms with Crippen LogP contribution in [0, 0.1) is 11.5 Å². The van der Waals surface area contributed by atoms with Gasteiger partial charge in [-0.3, -0.25) is 4.98 Å². The smallest absolute Gasteiger partial charge is 0.268 e. The third kappa shape index (κ3) is 5.44. The van der Waals surface area contributed by atoms with Gasteiger partial charge in [0.05, 0.1) is 17.3 Å². The largest absolute Gasteiger partial charge is 0.350 e. The number of hydrogen-bond donors (Lipinski definition) is 0. The Bertz CT molecular complexity index is 516. The Balaban J connectivity index is 2.85. The van der Waals surface area contributed by atoms with Crippen LogP contribution in [0.3, 0.4) is 0 Å². The van der Waals surface area contributed by atoms with Crippen LogP contribution < -0.4 is 0 Å². The summed E-state index contributed by atoms with van der Waals surface area (Å²) < 4.78 is 24.3. The molecule has 4 nitrogen and oxygen atoms in total. The predicted molar refractivity (Wildman–Crippen MR) is 68.7 cm³/mol. The van der Waals surface area contributed by atoms with Crippen molar-refractivity contribution in [1.82, 2.24) is 9.88 Å². The first-order chi connectivity index (χ1) is 9.02. The van der Waals surface area contributed by atoms with Crippen molar-refractivity contribution >= 4 is 17.4 Å². The van der Waals surface area contributed by atoms with Crippen LogP contribution in [0.2, 0.25) is 5.02 Å². The predicted octanol–water partition coefficient (Wildman–Crippen LogP) is 3.22. The van der Waals surface area contributed by atoms with Gasteiger partial charge >= 0.3 is 0 Å². The van der Waals surface area contributed by atoms with Gasteiger partial charge in [0.15, 0.2) is 0 Å². The summed E-state index contributed by atoms with van der Waals surface area (Å²) in [5.41, 5.74) is 0.643. The molecular weight excluding hydrogens is 274 g/mol. The van der Waals surface area contributed by atoms with Gasteiger partial charge in [0.2, 0.25) is 6.19 Å². The number of rotatable bonds is 4. The molecule has 0 radical (unpaired) electrons. The lowest BCUT2D eigenvalue weighted by molar-refractivity contribution is 0.396. The Morgan fingerprint density at radius 2 is 2.32 bits per heavy atom. The van der Waals surface area contributed by atoms with Crippen LogP contribution in [0.5, 0.6) is 0 Å². The van der Waals surface area contributed by atoms with Gasteiger partial charge < -0.3 is 4.90 Å². The molecule has 0 aliphatic heterocycles. The van der Waals surface area contributed by atoms with Crippen LogP contribution in [-0.4, -0.2) is 22.3 Å². The minimum absolute atomic E-state index is 0.0519. The normalized spacial score (nSPS) is 10.8. The zero-order chi connectivity index (χ0) is 14.3. The number of nitriles is 1. The Morgan fingerprint density at radius 1 is 1.58 bits per heavy atom. The van der Waals surface area contributed by atoms with Gasteiger partial charge in [-0.1, -0.05) is 11.6 Å². The Kier molecular flexibility index (Phi) is 5.90. The summed E-state index contributed by atoms with van der Waals surface area (Å²) in [7, 11) is 0. The van der Waals surface area contributed by atoms with E-state index in [0.717, 1.165) is 6.08 Å². The monoisotopic (exact) mass is 284 g/mol. The van der Waals surface area contributed by atoms with Crippen molar-refractivity contribution in [2.45, 2.75) is 13.5 Å². The summed E-state index contributed by atoms with van der Waals surface area (Å²) in [4.78, 5) is 9.12. The van der Waals surface area contributed by atoms with E-state index in [0.29, 0.717) is 16.6 Å². The molecule has 1 aromatic heterocycles. The minimum atomic E-state index is -1.78. The van der Waals surface area contributed by atoms with Gasteiger partial charge in [-0.25, -0.2) is 0 Å². The summed E-state index contributed by atoms with van der Waals surface area (Å²) in [6.45, 7) is 1.78. The lowest BCUT2D eigenvalue weighted by atomic mass is 10.3. The Labute approximate surface area is 114 Å². The third-order valence-corrected chi connectivity index (χ3v) is 2.50. The van der Waals surface area contributed by atoms with Gasteiger partial charge in [-0.15, -0.1) is 0 Å². The zero-order valence-electron chi connectivity index (χ0n) is 10.1. The van der Waals surface area contributed by atoms with Crippen LogP contribution in [0.15, 0.2) is 35.5 Å². The highest BCUT2D eigenvalue weighted by Crippen LogP contribution is 2.09. The van der Waals surface area contributed by atoms with E-state index in [1.54, 1.807) is 25.2 Å². The summed E-state index contributed by atoms with van der Waals surface area (Å²) in [5.74, 6) is 0.344. The third-order valence-electron chi connectivity index (χ3n) is 2.28. The summed E-state index contributed by atoms with van der Waals surface area (Å²) in [6.07, 6.45) is 2.07. The van der Waals surface area contributed by atoms with Gasteiger partial charge in [-0.2, -0.15) is 19.0 Å². The molecule has 7 heteroatoms. The molecule has 100 valence electrons. The highest BCUT2D eigenvalue weighted by atomic mass is 35.5. The summed E-state index contributed by atoms with van der Waals surface area (Å²) >= 11 is 5.71. The molecule has 19 heavy (non-hydrogen) atoms. The molecule has 0 aromatic carbocycles. The number of amidine groups is 1. The number of nitrogens with zero attached hydrogens (tertiary/aromatic N) is 4. The van der Waals surface area contributed by atoms with Crippen molar-refractivity contribution in [3.8, 4) is 6.19 Å². The average Bonchev–Trinajstić information content (AvgIpc) is 2.36. The van der Waals surface area contributed by atoms with Crippen LogP contribution in [0.1, 0.15) is 12.6 Å². The quantitative estimate of drug-likeness (QED) is 0.484. The SMILES string of the molecule is CC(=NC#N)N(CC=C(F)F)Cc1ccc(Cl)cn1. The fraction of sp³-hybridized carbons (Fsp3) is 0.250. The molecule has 0 N–H and O–H groups in total. The van der Waals surface area contributed by atoms with Gasteiger partial charge in [-0.05, 0) is 19.1 Å². The number of aliphatic imine (C=N–C) groups is 1. The van der Waals surface area contributed by atoms with Crippen molar-refractivity contribution in [3.05, 3.63) is 41.2 Å². The molecule has 0 fully saturated rings. The Morgan fingerprint density at radius 3 is 2.84 bits per heavy atom. The van der Waals surface area contributed by atoms with E-state index in [2.05, 4.69) is 9.98 Å². The van der Waals surface area contributed by atoms with E-state index >= 15 is 0 Å². The van der Waals surface area contributed by atoms with Gasteiger partial charge in [0.25, 0.3) is 6.08 Å². The second kappa shape index (κ2) is 7.44. The molecule has 1 heterocycles. The fourth-order valence-corrected chi connectivity index (χ4v) is 1.44. The maximum Gasteiger partial charge on any atom is 0.268 e. The van der Waals surface area contributed by atoms with Gasteiger partial charge in [0, 0.05) is 18.8 Å². The van der Waals surface area contributed by atoms with E-state index < -0.39 is 6.08 Å². The van der Waals surface area contributed by atoms with Gasteiger partial charge in [0.1, 0.15) is 5.84 Å². The molecule has 0 unspecified atom stereocenters. The molecule has 0 bridgehead atoms. The molecule has 0 atom stereocenters. The van der Waals surface area contributed by atoms with E-state index in [1.165, 1.54) is 11.1 Å². The average molecular weight is 285 g/mol. The van der Waals surface area contributed by atoms with Crippen LogP contribution in [0.25, 0.3) is 0 Å². The molecule has 0 saturated carbocycles. The lowest BCUT2D eigenvalue weighted by Crippen LogP contribution is -2.29. The van der Waals surface area contributed by atoms with Crippen molar-refractivity contribution in [2.24, 2.45) is 4.99 Å². The van der Waals surface area contributed by atoms with Crippen molar-refractivity contribution in [1.29, 1.82) is 5.26 Å². The number of hydrogen-bond acceptors (Lipinski definition) is 3. The first-order valence-electron chi connectivity index (χ1n) is 5.33. The molecule has 0 aliphatic rings. The fourth-order valence-electron chi connectivity index (χ4n) is 1.33. The Hall–Kier alpha value is -2.00. The molecule has 0 spiro atoms. The first kappa shape index (κ1) is 15.1. The zero-order valence-corrected chi connectivity index (χ0v) is 10.9. The maximum absolute atomic E-state index is 12.1. The molecule has 1 rings (SSSR count). The van der Waals surface area contributed by atoms with Crippen LogP contribution >= 0.6 is 11.6 Å². The second-order valence-corrected chi connectivity index (χ2v) is 4.04. The highest BCUT2D eigenvalue weighted by Gasteiger charge is 2.08. The second-order valence-electron chi connectivity index (χ2n) is 3.60. The molecule has 0 amide bonds. The standard InChI is InChI=1S/C12H11ClF2N4/c1-9(18-8-16)19(5-4-12(14)15)7-11-3-2-10(13)6-17-11/h2-4,6H,5,7H2,1H3. The molecular formula is C12H11ClF2N4. The van der Waals surface area contributed by atoms with Crippen LogP contribution in [-0.2, 0) is 6.54 Å². The number of pyridine rings is 1. The molecule has 1 aromatic rings. The van der Waals surface area contributed by atoms with Crippen molar-refractivity contribution < 1.29 is 8.78 Å². The summed E-state index contributed by atoms with van der Waals surface area (Å²) in [5, 5.41) is 9.00. The topological polar surface area (TPSA) is 52.3 Å². The highest BCUT2D eigenvalue weighted by molar-refractivity contribution is 6.30. The van der Waals surface area contributed by atoms with Crippen LogP contribution in [0.4, 0.5) is 8.78 Å². The van der Waals surface area contributed by atoms with E-state index in [1.807, 2.05) is 0 Å². The summed E-state index contributed by atoms with van der Waals surface area (Å²) in [6, 6.07) is 3.34. The molecule has 0 aliphatic carbocycles. The lowest BCUT2D eigenvalue weighted by Gasteiger charge is -2.21. The first-order valence-corrected chi connectivity index (χ1v) is 5.70. The number of aromatic nitrogens is 1. The molecule has 0 saturated heterocycles. The van der Waals surface area contributed by atoms with E-state index in [9.17, 15) is 8.78 Å². The number of halogens is 3. The minimum Gasteiger partial charge on any atom is -0.350 e. The maximum atomic E-state index is 12.1. The van der Waals surface area contributed by atoms with E-state index in [-0.39, 0.29) is 13.1 Å². The van der Waals surface area contributed by atoms with Crippen molar-refractivity contribution in [3.63, 3.8) is 0 Å². The van der Waals surface area contributed by atoms with E-state index in [4.69, 9.17) is 16.9 Å². The van der Waals surface area contributed by atoms with Crippen molar-refractivity contribution in [2.75, 3.05) is 6.54 Å².